The number of nitrogen functional groups attached to an aromatic ring is 1. The van der Waals surface area contributed by atoms with Crippen molar-refractivity contribution in [3.05, 3.63) is 50.9 Å². The highest BCUT2D eigenvalue weighted by Crippen LogP contribution is 2.28. The van der Waals surface area contributed by atoms with E-state index in [2.05, 4.69) is 20.7 Å². The Morgan fingerprint density at radius 1 is 1.05 bits per heavy atom. The van der Waals surface area contributed by atoms with Crippen LogP contribution in [-0.2, 0) is 10.0 Å². The van der Waals surface area contributed by atoms with E-state index in [-0.39, 0.29) is 9.92 Å². The first-order valence-electron chi connectivity index (χ1n) is 5.32. The van der Waals surface area contributed by atoms with Crippen molar-refractivity contribution in [1.29, 1.82) is 0 Å². The van der Waals surface area contributed by atoms with Crippen molar-refractivity contribution >= 4 is 60.5 Å². The molecule has 106 valence electrons. The van der Waals surface area contributed by atoms with E-state index in [1.54, 1.807) is 0 Å². The predicted octanol–water partition coefficient (Wildman–Crippen LogP) is 4.14. The van der Waals surface area contributed by atoms with E-state index >= 15 is 0 Å². The minimum absolute atomic E-state index is 0.0849. The lowest BCUT2D eigenvalue weighted by molar-refractivity contribution is 0.601. The van der Waals surface area contributed by atoms with Gasteiger partial charge in [0.15, 0.2) is 0 Å². The Morgan fingerprint density at radius 3 is 2.35 bits per heavy atom. The van der Waals surface area contributed by atoms with Crippen LogP contribution in [0.2, 0.25) is 10.0 Å². The van der Waals surface area contributed by atoms with Crippen LogP contribution < -0.4 is 10.5 Å². The highest BCUT2D eigenvalue weighted by atomic mass is 79.9. The molecule has 0 aliphatic rings. The molecular formula is C12H9BrCl2N2O2S. The van der Waals surface area contributed by atoms with Crippen molar-refractivity contribution < 1.29 is 8.42 Å². The molecule has 0 aromatic heterocycles. The van der Waals surface area contributed by atoms with Crippen molar-refractivity contribution in [2.24, 2.45) is 0 Å². The van der Waals surface area contributed by atoms with Gasteiger partial charge >= 0.3 is 0 Å². The zero-order chi connectivity index (χ0) is 14.9. The van der Waals surface area contributed by atoms with Gasteiger partial charge in [0, 0.05) is 4.47 Å². The Morgan fingerprint density at radius 2 is 1.75 bits per heavy atom. The fourth-order valence-electron chi connectivity index (χ4n) is 1.45. The van der Waals surface area contributed by atoms with Crippen LogP contribution in [0.4, 0.5) is 11.4 Å². The molecule has 0 bridgehead atoms. The van der Waals surface area contributed by atoms with E-state index in [4.69, 9.17) is 28.9 Å². The molecule has 2 aromatic rings. The Balaban J connectivity index is 2.35. The third kappa shape index (κ3) is 3.38. The topological polar surface area (TPSA) is 72.2 Å². The van der Waals surface area contributed by atoms with Crippen molar-refractivity contribution in [3.8, 4) is 0 Å². The number of hydrogen-bond donors (Lipinski definition) is 2. The normalized spacial score (nSPS) is 11.3. The SMILES string of the molecule is Nc1ccc(NS(=O)(=O)c2ccc(Cl)c(Br)c2)cc1Cl. The van der Waals surface area contributed by atoms with Crippen molar-refractivity contribution in [1.82, 2.24) is 0 Å². The maximum Gasteiger partial charge on any atom is 0.261 e. The van der Waals surface area contributed by atoms with Gasteiger partial charge in [-0.1, -0.05) is 23.2 Å². The van der Waals surface area contributed by atoms with Crippen LogP contribution in [0.25, 0.3) is 0 Å². The van der Waals surface area contributed by atoms with Gasteiger partial charge in [0.05, 0.1) is 26.3 Å². The van der Waals surface area contributed by atoms with Gasteiger partial charge in [-0.15, -0.1) is 0 Å². The molecule has 20 heavy (non-hydrogen) atoms. The summed E-state index contributed by atoms with van der Waals surface area (Å²) < 4.78 is 27.3. The second-order valence-electron chi connectivity index (χ2n) is 3.92. The minimum Gasteiger partial charge on any atom is -0.398 e. The zero-order valence-corrected chi connectivity index (χ0v) is 13.8. The number of hydrogen-bond acceptors (Lipinski definition) is 3. The monoisotopic (exact) mass is 394 g/mol. The summed E-state index contributed by atoms with van der Waals surface area (Å²) in [6.45, 7) is 0. The Labute approximate surface area is 135 Å². The van der Waals surface area contributed by atoms with E-state index in [9.17, 15) is 8.42 Å². The summed E-state index contributed by atoms with van der Waals surface area (Å²) in [5, 5.41) is 0.710. The lowest BCUT2D eigenvalue weighted by atomic mass is 10.3. The van der Waals surface area contributed by atoms with Crippen LogP contribution in [0.15, 0.2) is 45.8 Å². The van der Waals surface area contributed by atoms with E-state index < -0.39 is 10.0 Å². The maximum absolute atomic E-state index is 12.2. The minimum atomic E-state index is -3.72. The molecule has 4 nitrogen and oxygen atoms in total. The molecule has 0 saturated carbocycles. The average Bonchev–Trinajstić information content (AvgIpc) is 2.37. The molecule has 0 aliphatic carbocycles. The third-order valence-corrected chi connectivity index (χ3v) is 5.37. The highest BCUT2D eigenvalue weighted by Gasteiger charge is 2.16. The number of nitrogens with one attached hydrogen (secondary N) is 1. The van der Waals surface area contributed by atoms with Gasteiger partial charge < -0.3 is 5.73 Å². The number of nitrogens with two attached hydrogens (primary N) is 1. The molecule has 8 heteroatoms. The van der Waals surface area contributed by atoms with Gasteiger partial charge in [-0.2, -0.15) is 0 Å². The highest BCUT2D eigenvalue weighted by molar-refractivity contribution is 9.10. The first kappa shape index (κ1) is 15.4. The quantitative estimate of drug-likeness (QED) is 0.767. The van der Waals surface area contributed by atoms with Crippen LogP contribution >= 0.6 is 39.1 Å². The standard InChI is InChI=1S/C12H9BrCl2N2O2S/c13-9-6-8(2-3-10(9)14)20(18,19)17-7-1-4-12(16)11(15)5-7/h1-6,17H,16H2. The van der Waals surface area contributed by atoms with Crippen LogP contribution in [0, 0.1) is 0 Å². The second-order valence-corrected chi connectivity index (χ2v) is 7.27. The van der Waals surface area contributed by atoms with E-state index in [0.717, 1.165) is 0 Å². The molecular weight excluding hydrogens is 387 g/mol. The summed E-state index contributed by atoms with van der Waals surface area (Å²) in [5.74, 6) is 0. The molecule has 0 heterocycles. The molecule has 0 atom stereocenters. The Hall–Kier alpha value is -0.950. The lowest BCUT2D eigenvalue weighted by Gasteiger charge is -2.10. The van der Waals surface area contributed by atoms with E-state index in [1.807, 2.05) is 0 Å². The molecule has 0 aliphatic heterocycles. The van der Waals surface area contributed by atoms with Gasteiger partial charge in [0.1, 0.15) is 0 Å². The molecule has 2 rings (SSSR count). The molecule has 0 saturated heterocycles. The van der Waals surface area contributed by atoms with Gasteiger partial charge in [0.2, 0.25) is 0 Å². The fourth-order valence-corrected chi connectivity index (χ4v) is 3.35. The lowest BCUT2D eigenvalue weighted by Crippen LogP contribution is -2.13. The number of sulfonamides is 1. The first-order chi connectivity index (χ1) is 9.29. The van der Waals surface area contributed by atoms with Crippen molar-refractivity contribution in [2.45, 2.75) is 4.90 Å². The number of rotatable bonds is 3. The average molecular weight is 396 g/mol. The van der Waals surface area contributed by atoms with Crippen molar-refractivity contribution in [3.63, 3.8) is 0 Å². The molecule has 0 amide bonds. The summed E-state index contributed by atoms with van der Waals surface area (Å²) in [7, 11) is -3.72. The molecule has 0 fully saturated rings. The second kappa shape index (κ2) is 5.81. The van der Waals surface area contributed by atoms with Gasteiger partial charge in [0.25, 0.3) is 10.0 Å². The summed E-state index contributed by atoms with van der Waals surface area (Å²) in [6, 6.07) is 8.83. The van der Waals surface area contributed by atoms with Gasteiger partial charge in [-0.3, -0.25) is 4.72 Å². The Kier molecular flexibility index (Phi) is 4.49. The maximum atomic E-state index is 12.2. The van der Waals surface area contributed by atoms with Crippen molar-refractivity contribution in [2.75, 3.05) is 10.5 Å². The largest absolute Gasteiger partial charge is 0.398 e. The molecule has 0 radical (unpaired) electrons. The van der Waals surface area contributed by atoms with E-state index in [1.165, 1.54) is 36.4 Å². The summed E-state index contributed by atoms with van der Waals surface area (Å²) in [6.07, 6.45) is 0. The fraction of sp³-hybridized carbons (Fsp3) is 0. The Bertz CT molecular complexity index is 766. The van der Waals surface area contributed by atoms with Crippen LogP contribution in [0.3, 0.4) is 0 Å². The van der Waals surface area contributed by atoms with E-state index in [0.29, 0.717) is 20.9 Å². The number of halogens is 3. The zero-order valence-electron chi connectivity index (χ0n) is 9.90. The first-order valence-corrected chi connectivity index (χ1v) is 8.36. The molecule has 0 spiro atoms. The van der Waals surface area contributed by atoms with Gasteiger partial charge in [-0.05, 0) is 52.3 Å². The molecule has 0 unspecified atom stereocenters. The van der Waals surface area contributed by atoms with Gasteiger partial charge in [-0.25, -0.2) is 8.42 Å². The van der Waals surface area contributed by atoms with Crippen LogP contribution in [0.1, 0.15) is 0 Å². The summed E-state index contributed by atoms with van der Waals surface area (Å²) >= 11 is 14.9. The van der Waals surface area contributed by atoms with Crippen LogP contribution in [0.5, 0.6) is 0 Å². The molecule has 2 aromatic carbocycles. The molecule has 3 N–H and O–H groups in total. The summed E-state index contributed by atoms with van der Waals surface area (Å²) in [5.41, 5.74) is 6.28. The smallest absolute Gasteiger partial charge is 0.261 e. The number of benzene rings is 2. The van der Waals surface area contributed by atoms with Crippen LogP contribution in [-0.4, -0.2) is 8.42 Å². The predicted molar refractivity (Wildman–Crippen MR) is 85.8 cm³/mol. The number of anilines is 2. The summed E-state index contributed by atoms with van der Waals surface area (Å²) in [4.78, 5) is 0.0849. The third-order valence-electron chi connectivity index (χ3n) is 2.45.